The Kier molecular flexibility index (Phi) is 10.1. The van der Waals surface area contributed by atoms with Gasteiger partial charge in [-0.15, -0.1) is 0 Å². The molecule has 3 aliphatic rings. The molecule has 0 aromatic carbocycles. The second-order valence-electron chi connectivity index (χ2n) is 5.59. The lowest BCUT2D eigenvalue weighted by atomic mass is 9.64. The van der Waals surface area contributed by atoms with Crippen LogP contribution in [0.4, 0.5) is 0 Å². The summed E-state index contributed by atoms with van der Waals surface area (Å²) in [5.41, 5.74) is 1.98. The lowest BCUT2D eigenvalue weighted by Crippen LogP contribution is -2.33. The molecule has 1 aliphatic heterocycles. The predicted octanol–water partition coefficient (Wildman–Crippen LogP) is 6.59. The quantitative estimate of drug-likeness (QED) is 0.487. The van der Waals surface area contributed by atoms with E-state index in [0.29, 0.717) is 5.41 Å². The number of ether oxygens (including phenoxy) is 1. The van der Waals surface area contributed by atoms with Crippen LogP contribution in [0.3, 0.4) is 0 Å². The summed E-state index contributed by atoms with van der Waals surface area (Å²) in [6.45, 7) is 15.2. The highest BCUT2D eigenvalue weighted by molar-refractivity contribution is 5.16. The van der Waals surface area contributed by atoms with Crippen LogP contribution in [-0.2, 0) is 4.74 Å². The van der Waals surface area contributed by atoms with Gasteiger partial charge in [0.15, 0.2) is 0 Å². The Labute approximate surface area is 128 Å². The molecule has 2 aliphatic carbocycles. The largest absolute Gasteiger partial charge is 0.500 e. The molecule has 120 valence electrons. The molecule has 2 fully saturated rings. The number of hydrogen-bond acceptors (Lipinski definition) is 1. The van der Waals surface area contributed by atoms with Crippen molar-refractivity contribution >= 4 is 0 Å². The van der Waals surface area contributed by atoms with Gasteiger partial charge in [-0.2, -0.15) is 0 Å². The summed E-state index contributed by atoms with van der Waals surface area (Å²) in [5.74, 6) is 2.09. The molecule has 1 heteroatoms. The van der Waals surface area contributed by atoms with Gasteiger partial charge in [-0.05, 0) is 43.6 Å². The maximum absolute atomic E-state index is 5.54. The van der Waals surface area contributed by atoms with E-state index in [-0.39, 0.29) is 0 Å². The van der Waals surface area contributed by atoms with Gasteiger partial charge >= 0.3 is 0 Å². The molecular weight excluding hydrogens is 244 g/mol. The van der Waals surface area contributed by atoms with Gasteiger partial charge in [0.1, 0.15) is 0 Å². The van der Waals surface area contributed by atoms with Crippen LogP contribution in [0.2, 0.25) is 0 Å². The standard InChI is InChI=1S/C13H20O.3C2H6/c1-10-8-14-9-13(10)6-5-11-3-2-4-12(11)7-13;3*1-2/h8,11-12H,2-7,9H2,1H3;3*1-2H3. The molecule has 0 N–H and O–H groups in total. The average Bonchev–Trinajstić information content (AvgIpc) is 3.13. The Bertz CT molecular complexity index is 269. The Balaban J connectivity index is 0.000000538. The summed E-state index contributed by atoms with van der Waals surface area (Å²) in [7, 11) is 0. The zero-order valence-electron chi connectivity index (χ0n) is 15.1. The Hall–Kier alpha value is -0.460. The molecule has 1 heterocycles. The van der Waals surface area contributed by atoms with Gasteiger partial charge in [0, 0.05) is 5.41 Å². The molecular formula is C19H38O. The van der Waals surface area contributed by atoms with Crippen molar-refractivity contribution in [2.24, 2.45) is 17.3 Å². The van der Waals surface area contributed by atoms with Crippen molar-refractivity contribution in [3.05, 3.63) is 11.8 Å². The zero-order valence-corrected chi connectivity index (χ0v) is 15.1. The average molecular weight is 283 g/mol. The highest BCUT2D eigenvalue weighted by Crippen LogP contribution is 2.53. The van der Waals surface area contributed by atoms with E-state index in [1.54, 1.807) is 0 Å². The van der Waals surface area contributed by atoms with Crippen LogP contribution < -0.4 is 0 Å². The van der Waals surface area contributed by atoms with Crippen LogP contribution in [0, 0.1) is 17.3 Å². The summed E-state index contributed by atoms with van der Waals surface area (Å²) in [4.78, 5) is 0. The van der Waals surface area contributed by atoms with Gasteiger partial charge in [-0.3, -0.25) is 0 Å². The monoisotopic (exact) mass is 282 g/mol. The molecule has 3 atom stereocenters. The second-order valence-corrected chi connectivity index (χ2v) is 5.59. The maximum atomic E-state index is 5.54. The minimum absolute atomic E-state index is 0.464. The molecule has 0 bridgehead atoms. The fourth-order valence-corrected chi connectivity index (χ4v) is 3.88. The lowest BCUT2D eigenvalue weighted by Gasteiger charge is -2.40. The van der Waals surface area contributed by atoms with Crippen LogP contribution >= 0.6 is 0 Å². The third-order valence-corrected chi connectivity index (χ3v) is 4.92. The fourth-order valence-electron chi connectivity index (χ4n) is 3.88. The van der Waals surface area contributed by atoms with E-state index >= 15 is 0 Å². The van der Waals surface area contributed by atoms with Crippen molar-refractivity contribution in [1.82, 2.24) is 0 Å². The van der Waals surface area contributed by atoms with Gasteiger partial charge in [0.2, 0.25) is 0 Å². The van der Waals surface area contributed by atoms with Crippen LogP contribution in [-0.4, -0.2) is 6.61 Å². The van der Waals surface area contributed by atoms with E-state index in [4.69, 9.17) is 4.74 Å². The fraction of sp³-hybridized carbons (Fsp3) is 0.895. The van der Waals surface area contributed by atoms with Gasteiger partial charge in [0.25, 0.3) is 0 Å². The zero-order chi connectivity index (χ0) is 15.6. The summed E-state index contributed by atoms with van der Waals surface area (Å²) >= 11 is 0. The van der Waals surface area contributed by atoms with Crippen molar-refractivity contribution in [2.45, 2.75) is 87.0 Å². The summed E-state index contributed by atoms with van der Waals surface area (Å²) in [6, 6.07) is 0. The van der Waals surface area contributed by atoms with E-state index in [9.17, 15) is 0 Å². The van der Waals surface area contributed by atoms with E-state index in [0.717, 1.165) is 18.4 Å². The number of rotatable bonds is 0. The molecule has 0 radical (unpaired) electrons. The van der Waals surface area contributed by atoms with Crippen molar-refractivity contribution in [2.75, 3.05) is 6.61 Å². The maximum Gasteiger partial charge on any atom is 0.0967 e. The van der Waals surface area contributed by atoms with Crippen LogP contribution in [0.15, 0.2) is 11.8 Å². The molecule has 3 rings (SSSR count). The van der Waals surface area contributed by atoms with Crippen molar-refractivity contribution in [1.29, 1.82) is 0 Å². The van der Waals surface area contributed by atoms with Gasteiger partial charge < -0.3 is 4.74 Å². The molecule has 1 nitrogen and oxygen atoms in total. The lowest BCUT2D eigenvalue weighted by molar-refractivity contribution is 0.0898. The smallest absolute Gasteiger partial charge is 0.0967 e. The molecule has 0 amide bonds. The number of hydrogen-bond donors (Lipinski definition) is 0. The Morgan fingerprint density at radius 3 is 2.10 bits per heavy atom. The highest BCUT2D eigenvalue weighted by Gasteiger charge is 2.45. The predicted molar refractivity (Wildman–Crippen MR) is 90.9 cm³/mol. The topological polar surface area (TPSA) is 9.23 Å². The van der Waals surface area contributed by atoms with Crippen molar-refractivity contribution in [3.63, 3.8) is 0 Å². The third-order valence-electron chi connectivity index (χ3n) is 4.92. The van der Waals surface area contributed by atoms with E-state index in [1.807, 2.05) is 47.8 Å². The van der Waals surface area contributed by atoms with Crippen molar-refractivity contribution < 1.29 is 4.74 Å². The van der Waals surface area contributed by atoms with Gasteiger partial charge in [-0.1, -0.05) is 60.8 Å². The van der Waals surface area contributed by atoms with Crippen molar-refractivity contribution in [3.8, 4) is 0 Å². The first-order valence-electron chi connectivity index (χ1n) is 9.09. The van der Waals surface area contributed by atoms with Gasteiger partial charge in [0.05, 0.1) is 12.9 Å². The first-order valence-corrected chi connectivity index (χ1v) is 9.09. The normalized spacial score (nSPS) is 33.2. The Morgan fingerprint density at radius 1 is 0.950 bits per heavy atom. The summed E-state index contributed by atoms with van der Waals surface area (Å²) < 4.78 is 5.54. The Morgan fingerprint density at radius 2 is 1.55 bits per heavy atom. The van der Waals surface area contributed by atoms with E-state index in [1.165, 1.54) is 44.1 Å². The first kappa shape index (κ1) is 19.5. The van der Waals surface area contributed by atoms with Crippen LogP contribution in [0.5, 0.6) is 0 Å². The van der Waals surface area contributed by atoms with Crippen LogP contribution in [0.25, 0.3) is 0 Å². The molecule has 1 spiro atoms. The summed E-state index contributed by atoms with van der Waals surface area (Å²) in [6.07, 6.45) is 10.7. The minimum Gasteiger partial charge on any atom is -0.500 e. The first-order chi connectivity index (χ1) is 9.80. The van der Waals surface area contributed by atoms with E-state index < -0.39 is 0 Å². The molecule has 3 unspecified atom stereocenters. The SMILES string of the molecule is CC.CC.CC.CC1=COCC12CCC1CCCC1C2. The number of fused-ring (bicyclic) bond motifs is 1. The molecule has 0 aromatic rings. The molecule has 20 heavy (non-hydrogen) atoms. The van der Waals surface area contributed by atoms with E-state index in [2.05, 4.69) is 6.92 Å². The molecule has 0 aromatic heterocycles. The summed E-state index contributed by atoms with van der Waals surface area (Å²) in [5, 5.41) is 0. The highest BCUT2D eigenvalue weighted by atomic mass is 16.5. The van der Waals surface area contributed by atoms with Crippen LogP contribution in [0.1, 0.15) is 87.0 Å². The molecule has 0 saturated heterocycles. The molecule has 2 saturated carbocycles. The minimum atomic E-state index is 0.464. The second kappa shape index (κ2) is 10.3. The van der Waals surface area contributed by atoms with Gasteiger partial charge in [-0.25, -0.2) is 0 Å². The third kappa shape index (κ3) is 4.27.